The highest BCUT2D eigenvalue weighted by molar-refractivity contribution is 6.37. The van der Waals surface area contributed by atoms with Gasteiger partial charge in [0.2, 0.25) is 0 Å². The number of halogens is 2. The van der Waals surface area contributed by atoms with Gasteiger partial charge in [0.15, 0.2) is 11.6 Å². The van der Waals surface area contributed by atoms with E-state index in [4.69, 9.17) is 29.0 Å². The minimum absolute atomic E-state index is 0.282. The van der Waals surface area contributed by atoms with Gasteiger partial charge in [-0.05, 0) is 31.0 Å². The molecule has 1 aliphatic rings. The van der Waals surface area contributed by atoms with Crippen molar-refractivity contribution in [2.75, 3.05) is 10.3 Å². The summed E-state index contributed by atoms with van der Waals surface area (Å²) in [6.07, 6.45) is 0.961. The van der Waals surface area contributed by atoms with Gasteiger partial charge in [-0.1, -0.05) is 41.4 Å². The summed E-state index contributed by atoms with van der Waals surface area (Å²) in [4.78, 5) is 6.57. The highest BCUT2D eigenvalue weighted by atomic mass is 35.5. The molecule has 0 saturated heterocycles. The second-order valence-corrected chi connectivity index (χ2v) is 5.63. The Morgan fingerprint density at radius 3 is 2.80 bits per heavy atom. The summed E-state index contributed by atoms with van der Waals surface area (Å²) in [5, 5.41) is 0.916. The maximum Gasteiger partial charge on any atom is 0.161 e. The maximum absolute atomic E-state index is 6.31. The van der Waals surface area contributed by atoms with Crippen LogP contribution in [0.1, 0.15) is 12.5 Å². The molecular formula is C14H14Cl2N4. The molecule has 2 heterocycles. The van der Waals surface area contributed by atoms with Crippen LogP contribution in [-0.2, 0) is 6.42 Å². The number of anilines is 3. The van der Waals surface area contributed by atoms with Crippen molar-refractivity contribution in [2.24, 2.45) is 5.84 Å². The number of rotatable bonds is 2. The largest absolute Gasteiger partial charge is 0.322 e. The van der Waals surface area contributed by atoms with Crippen molar-refractivity contribution < 1.29 is 0 Å². The van der Waals surface area contributed by atoms with Crippen molar-refractivity contribution in [1.82, 2.24) is 4.98 Å². The molecule has 2 aromatic rings. The van der Waals surface area contributed by atoms with Gasteiger partial charge in [0, 0.05) is 11.7 Å². The first-order chi connectivity index (χ1) is 9.61. The second-order valence-electron chi connectivity index (χ2n) is 4.82. The normalized spacial score (nSPS) is 17.2. The van der Waals surface area contributed by atoms with Crippen LogP contribution in [0.25, 0.3) is 0 Å². The number of nitrogen functional groups attached to an aromatic ring is 1. The Balaban J connectivity index is 2.14. The lowest BCUT2D eigenvalue weighted by molar-refractivity contribution is 0.751. The first-order valence-electron chi connectivity index (χ1n) is 6.31. The number of pyridine rings is 1. The van der Waals surface area contributed by atoms with Crippen LogP contribution < -0.4 is 16.2 Å². The number of hydrogen-bond acceptors (Lipinski definition) is 4. The Morgan fingerprint density at radius 2 is 2.05 bits per heavy atom. The summed E-state index contributed by atoms with van der Waals surface area (Å²) >= 11 is 12.4. The van der Waals surface area contributed by atoms with Crippen molar-refractivity contribution in [2.45, 2.75) is 19.4 Å². The molecule has 1 aromatic carbocycles. The molecule has 3 N–H and O–H groups in total. The van der Waals surface area contributed by atoms with Crippen molar-refractivity contribution in [3.05, 3.63) is 45.9 Å². The number of nitrogens with one attached hydrogen (secondary N) is 1. The summed E-state index contributed by atoms with van der Waals surface area (Å²) in [6, 6.07) is 10.2. The highest BCUT2D eigenvalue weighted by Gasteiger charge is 2.29. The van der Waals surface area contributed by atoms with Crippen LogP contribution in [0.5, 0.6) is 0 Å². The van der Waals surface area contributed by atoms with E-state index in [2.05, 4.69) is 34.4 Å². The Morgan fingerprint density at radius 1 is 1.30 bits per heavy atom. The standard InChI is InChI=1S/C14H14Cl2N4/c1-8-6-9-4-2-3-5-12(9)20(8)14-11(16)7-10(15)13(18-14)19-17/h2-5,7-8H,6,17H2,1H3,(H,18,19). The third-order valence-electron chi connectivity index (χ3n) is 3.48. The zero-order valence-corrected chi connectivity index (χ0v) is 12.4. The van der Waals surface area contributed by atoms with Gasteiger partial charge >= 0.3 is 0 Å². The minimum atomic E-state index is 0.282. The molecule has 0 spiro atoms. The molecular weight excluding hydrogens is 295 g/mol. The van der Waals surface area contributed by atoms with E-state index in [0.717, 1.165) is 12.1 Å². The fourth-order valence-electron chi connectivity index (χ4n) is 2.62. The van der Waals surface area contributed by atoms with Crippen molar-refractivity contribution in [1.29, 1.82) is 0 Å². The monoisotopic (exact) mass is 308 g/mol. The number of nitrogens with zero attached hydrogens (tertiary/aromatic N) is 2. The van der Waals surface area contributed by atoms with Crippen molar-refractivity contribution in [3.8, 4) is 0 Å². The molecule has 0 bridgehead atoms. The molecule has 6 heteroatoms. The van der Waals surface area contributed by atoms with E-state index in [1.807, 2.05) is 12.1 Å². The smallest absolute Gasteiger partial charge is 0.161 e. The van der Waals surface area contributed by atoms with E-state index in [0.29, 0.717) is 21.7 Å². The van der Waals surface area contributed by atoms with Gasteiger partial charge < -0.3 is 10.3 Å². The topological polar surface area (TPSA) is 54.2 Å². The molecule has 1 aliphatic heterocycles. The van der Waals surface area contributed by atoms with Crippen LogP contribution in [0.3, 0.4) is 0 Å². The van der Waals surface area contributed by atoms with E-state index >= 15 is 0 Å². The summed E-state index contributed by atoms with van der Waals surface area (Å²) < 4.78 is 0. The number of fused-ring (bicyclic) bond motifs is 1. The maximum atomic E-state index is 6.31. The molecule has 0 radical (unpaired) electrons. The first kappa shape index (κ1) is 13.5. The summed E-state index contributed by atoms with van der Waals surface area (Å²) in [5.41, 5.74) is 4.91. The van der Waals surface area contributed by atoms with Gasteiger partial charge in [-0.15, -0.1) is 0 Å². The highest BCUT2D eigenvalue weighted by Crippen LogP contribution is 2.41. The molecule has 20 heavy (non-hydrogen) atoms. The first-order valence-corrected chi connectivity index (χ1v) is 7.07. The lowest BCUT2D eigenvalue weighted by Crippen LogP contribution is -2.25. The fraction of sp³-hybridized carbons (Fsp3) is 0.214. The van der Waals surface area contributed by atoms with E-state index in [-0.39, 0.29) is 6.04 Å². The summed E-state index contributed by atoms with van der Waals surface area (Å²) in [7, 11) is 0. The number of hydrogen-bond donors (Lipinski definition) is 2. The Labute approximate surface area is 127 Å². The zero-order valence-electron chi connectivity index (χ0n) is 10.9. The number of para-hydroxylation sites is 1. The molecule has 4 nitrogen and oxygen atoms in total. The fourth-order valence-corrected chi connectivity index (χ4v) is 3.12. The Hall–Kier alpha value is -1.49. The van der Waals surface area contributed by atoms with Crippen LogP contribution in [0.2, 0.25) is 10.0 Å². The van der Waals surface area contributed by atoms with Gasteiger partial charge in [-0.25, -0.2) is 10.8 Å². The lowest BCUT2D eigenvalue weighted by Gasteiger charge is -2.25. The lowest BCUT2D eigenvalue weighted by atomic mass is 10.1. The van der Waals surface area contributed by atoms with Gasteiger partial charge in [0.1, 0.15) is 0 Å². The molecule has 1 atom stereocenters. The number of aromatic nitrogens is 1. The summed E-state index contributed by atoms with van der Waals surface area (Å²) in [5.74, 6) is 6.53. The van der Waals surface area contributed by atoms with Gasteiger partial charge in [0.25, 0.3) is 0 Å². The molecule has 0 amide bonds. The molecule has 104 valence electrons. The van der Waals surface area contributed by atoms with Crippen LogP contribution >= 0.6 is 23.2 Å². The predicted octanol–water partition coefficient (Wildman–Crippen LogP) is 3.76. The Kier molecular flexibility index (Phi) is 3.46. The summed E-state index contributed by atoms with van der Waals surface area (Å²) in [6.45, 7) is 2.14. The second kappa shape index (κ2) is 5.13. The average molecular weight is 309 g/mol. The predicted molar refractivity (Wildman–Crippen MR) is 83.8 cm³/mol. The van der Waals surface area contributed by atoms with E-state index in [1.54, 1.807) is 6.07 Å². The van der Waals surface area contributed by atoms with Crippen LogP contribution in [-0.4, -0.2) is 11.0 Å². The third-order valence-corrected chi connectivity index (χ3v) is 4.05. The molecule has 0 aliphatic carbocycles. The zero-order chi connectivity index (χ0) is 14.3. The van der Waals surface area contributed by atoms with Gasteiger partial charge in [-0.2, -0.15) is 0 Å². The van der Waals surface area contributed by atoms with Gasteiger partial charge in [0.05, 0.1) is 10.0 Å². The van der Waals surface area contributed by atoms with Crippen molar-refractivity contribution >= 4 is 40.5 Å². The minimum Gasteiger partial charge on any atom is -0.322 e. The number of nitrogens with two attached hydrogens (primary N) is 1. The Bertz CT molecular complexity index is 660. The SMILES string of the molecule is CC1Cc2ccccc2N1c1nc(NN)c(Cl)cc1Cl. The van der Waals surface area contributed by atoms with E-state index < -0.39 is 0 Å². The molecule has 1 unspecified atom stereocenters. The third kappa shape index (κ3) is 2.10. The van der Waals surface area contributed by atoms with Crippen molar-refractivity contribution in [3.63, 3.8) is 0 Å². The molecule has 0 fully saturated rings. The van der Waals surface area contributed by atoms with E-state index in [9.17, 15) is 0 Å². The molecule has 0 saturated carbocycles. The molecule has 1 aromatic heterocycles. The van der Waals surface area contributed by atoms with Gasteiger partial charge in [-0.3, -0.25) is 0 Å². The van der Waals surface area contributed by atoms with Crippen LogP contribution in [0.4, 0.5) is 17.3 Å². The average Bonchev–Trinajstić information content (AvgIpc) is 2.75. The number of hydrazine groups is 1. The van der Waals surface area contributed by atoms with Crippen LogP contribution in [0, 0.1) is 0 Å². The quantitative estimate of drug-likeness (QED) is 0.655. The van der Waals surface area contributed by atoms with E-state index in [1.165, 1.54) is 5.56 Å². The number of benzene rings is 1. The van der Waals surface area contributed by atoms with Crippen LogP contribution in [0.15, 0.2) is 30.3 Å². The molecule has 3 rings (SSSR count).